The first-order valence-electron chi connectivity index (χ1n) is 9.56. The quantitative estimate of drug-likeness (QED) is 0.655. The van der Waals surface area contributed by atoms with Crippen LogP contribution in [0.4, 0.5) is 0 Å². The first-order chi connectivity index (χ1) is 12.6. The van der Waals surface area contributed by atoms with E-state index in [4.69, 9.17) is 0 Å². The van der Waals surface area contributed by atoms with Crippen LogP contribution < -0.4 is 5.56 Å². The van der Waals surface area contributed by atoms with E-state index in [1.54, 1.807) is 10.6 Å². The smallest absolute Gasteiger partial charge is 0.255 e. The molecule has 3 nitrogen and oxygen atoms in total. The van der Waals surface area contributed by atoms with Gasteiger partial charge in [0.1, 0.15) is 0 Å². The molecule has 1 aromatic heterocycles. The van der Waals surface area contributed by atoms with Gasteiger partial charge in [-0.2, -0.15) is 0 Å². The van der Waals surface area contributed by atoms with Crippen molar-refractivity contribution in [3.63, 3.8) is 0 Å². The van der Waals surface area contributed by atoms with E-state index in [1.807, 2.05) is 25.3 Å². The lowest BCUT2D eigenvalue weighted by atomic mass is 10.0. The van der Waals surface area contributed by atoms with E-state index >= 15 is 0 Å². The van der Waals surface area contributed by atoms with E-state index in [0.29, 0.717) is 0 Å². The Morgan fingerprint density at radius 3 is 2.56 bits per heavy atom. The molecule has 0 amide bonds. The molecule has 1 aliphatic heterocycles. The molecular formula is C24H30N2O. The van der Waals surface area contributed by atoms with Gasteiger partial charge >= 0.3 is 0 Å². The van der Waals surface area contributed by atoms with Gasteiger partial charge in [-0.25, -0.2) is 0 Å². The molecule has 2 aromatic carbocycles. The van der Waals surface area contributed by atoms with Crippen molar-refractivity contribution in [2.45, 2.75) is 46.6 Å². The van der Waals surface area contributed by atoms with Crippen LogP contribution in [0, 0.1) is 6.92 Å². The normalized spacial score (nSPS) is 17.2. The van der Waals surface area contributed by atoms with Crippen LogP contribution >= 0.6 is 0 Å². The largest absolute Gasteiger partial charge is 0.300 e. The van der Waals surface area contributed by atoms with Crippen molar-refractivity contribution < 1.29 is 0 Å². The third kappa shape index (κ3) is 4.14. The first-order valence-corrected chi connectivity index (χ1v) is 9.56. The van der Waals surface area contributed by atoms with E-state index in [1.165, 1.54) is 35.7 Å². The Bertz CT molecular complexity index is 989. The molecule has 2 heterocycles. The van der Waals surface area contributed by atoms with Crippen molar-refractivity contribution in [3.8, 4) is 5.69 Å². The summed E-state index contributed by atoms with van der Waals surface area (Å²) >= 11 is 0. The van der Waals surface area contributed by atoms with Gasteiger partial charge in [-0.15, -0.1) is 0 Å². The third-order valence-electron chi connectivity index (χ3n) is 5.62. The molecule has 0 N–H and O–H groups in total. The molecule has 3 aromatic rings. The summed E-state index contributed by atoms with van der Waals surface area (Å²) in [6, 6.07) is 17.3. The minimum atomic E-state index is 0. The molecule has 0 saturated carbocycles. The molecule has 3 heteroatoms. The van der Waals surface area contributed by atoms with Crippen LogP contribution in [0.5, 0.6) is 0 Å². The Balaban J connectivity index is 0.00000210. The number of fused-ring (bicyclic) bond motifs is 1. The average Bonchev–Trinajstić information content (AvgIpc) is 3.04. The van der Waals surface area contributed by atoms with Crippen LogP contribution in [0.15, 0.2) is 59.5 Å². The Kier molecular flexibility index (Phi) is 5.81. The fourth-order valence-electron chi connectivity index (χ4n) is 3.98. The number of aromatic nitrogens is 1. The van der Waals surface area contributed by atoms with Crippen molar-refractivity contribution in [1.29, 1.82) is 0 Å². The molecule has 0 spiro atoms. The highest BCUT2D eigenvalue weighted by Gasteiger charge is 2.19. The predicted octanol–water partition coefficient (Wildman–Crippen LogP) is 4.96. The van der Waals surface area contributed by atoms with Gasteiger partial charge in [0, 0.05) is 30.5 Å². The van der Waals surface area contributed by atoms with Gasteiger partial charge in [-0.05, 0) is 79.8 Å². The van der Waals surface area contributed by atoms with Crippen LogP contribution in [-0.4, -0.2) is 28.6 Å². The maximum absolute atomic E-state index is 12.2. The predicted molar refractivity (Wildman–Crippen MR) is 115 cm³/mol. The molecule has 142 valence electrons. The highest BCUT2D eigenvalue weighted by molar-refractivity contribution is 5.85. The van der Waals surface area contributed by atoms with E-state index in [-0.39, 0.29) is 13.0 Å². The van der Waals surface area contributed by atoms with E-state index < -0.39 is 0 Å². The van der Waals surface area contributed by atoms with Crippen LogP contribution in [0.25, 0.3) is 16.5 Å². The fourth-order valence-corrected chi connectivity index (χ4v) is 3.98. The fraction of sp³-hybridized carbons (Fsp3) is 0.375. The zero-order valence-corrected chi connectivity index (χ0v) is 15.6. The lowest BCUT2D eigenvalue weighted by molar-refractivity contribution is 0.272. The molecule has 27 heavy (non-hydrogen) atoms. The highest BCUT2D eigenvalue weighted by Crippen LogP contribution is 2.21. The van der Waals surface area contributed by atoms with Gasteiger partial charge in [-0.3, -0.25) is 9.36 Å². The molecule has 0 unspecified atom stereocenters. The summed E-state index contributed by atoms with van der Waals surface area (Å²) in [5, 5.41) is 2.41. The molecular weight excluding hydrogens is 332 g/mol. The second kappa shape index (κ2) is 8.10. The Morgan fingerprint density at radius 2 is 1.81 bits per heavy atom. The standard InChI is InChI=1S/C23H26N2O.CH4/c1-17-9-13-25(23(26)14-17)22-8-7-20-15-19(5-6-21(20)16-22)10-12-24-11-3-4-18(24)2;/h5-9,13-16,18H,3-4,10-12H2,1-2H3;1H4/t18-;/m1./s1. The van der Waals surface area contributed by atoms with Gasteiger partial charge in [0.15, 0.2) is 0 Å². The van der Waals surface area contributed by atoms with Crippen molar-refractivity contribution in [1.82, 2.24) is 9.47 Å². The lowest BCUT2D eigenvalue weighted by Gasteiger charge is -2.20. The van der Waals surface area contributed by atoms with Gasteiger partial charge in [0.25, 0.3) is 5.56 Å². The summed E-state index contributed by atoms with van der Waals surface area (Å²) in [5.74, 6) is 0. The zero-order chi connectivity index (χ0) is 18.1. The molecule has 1 atom stereocenters. The van der Waals surface area contributed by atoms with Crippen LogP contribution in [0.1, 0.15) is 38.3 Å². The molecule has 4 rings (SSSR count). The topological polar surface area (TPSA) is 25.2 Å². The molecule has 1 aliphatic rings. The van der Waals surface area contributed by atoms with Crippen LogP contribution in [0.3, 0.4) is 0 Å². The number of benzene rings is 2. The number of hydrogen-bond acceptors (Lipinski definition) is 2. The number of aryl methyl sites for hydroxylation is 1. The average molecular weight is 363 g/mol. The Labute approximate surface area is 162 Å². The molecule has 1 fully saturated rings. The van der Waals surface area contributed by atoms with Gasteiger partial charge < -0.3 is 4.90 Å². The van der Waals surface area contributed by atoms with E-state index in [9.17, 15) is 4.79 Å². The summed E-state index contributed by atoms with van der Waals surface area (Å²) in [4.78, 5) is 14.8. The second-order valence-electron chi connectivity index (χ2n) is 7.56. The highest BCUT2D eigenvalue weighted by atomic mass is 16.1. The maximum Gasteiger partial charge on any atom is 0.255 e. The van der Waals surface area contributed by atoms with Crippen LogP contribution in [-0.2, 0) is 6.42 Å². The third-order valence-corrected chi connectivity index (χ3v) is 5.62. The monoisotopic (exact) mass is 362 g/mol. The van der Waals surface area contributed by atoms with Crippen molar-refractivity contribution >= 4 is 10.8 Å². The van der Waals surface area contributed by atoms with E-state index in [2.05, 4.69) is 42.2 Å². The maximum atomic E-state index is 12.2. The molecule has 0 bridgehead atoms. The summed E-state index contributed by atoms with van der Waals surface area (Å²) < 4.78 is 1.70. The summed E-state index contributed by atoms with van der Waals surface area (Å²) in [5.41, 5.74) is 3.31. The molecule has 0 radical (unpaired) electrons. The number of likely N-dealkylation sites (tertiary alicyclic amines) is 1. The van der Waals surface area contributed by atoms with Gasteiger partial charge in [-0.1, -0.05) is 31.7 Å². The van der Waals surface area contributed by atoms with Crippen molar-refractivity contribution in [2.24, 2.45) is 0 Å². The van der Waals surface area contributed by atoms with Crippen molar-refractivity contribution in [3.05, 3.63) is 76.2 Å². The van der Waals surface area contributed by atoms with Gasteiger partial charge in [0.05, 0.1) is 0 Å². The van der Waals surface area contributed by atoms with Gasteiger partial charge in [0.2, 0.25) is 0 Å². The number of rotatable bonds is 4. The second-order valence-corrected chi connectivity index (χ2v) is 7.56. The zero-order valence-electron chi connectivity index (χ0n) is 15.6. The number of hydrogen-bond donors (Lipinski definition) is 0. The van der Waals surface area contributed by atoms with E-state index in [0.717, 1.165) is 30.3 Å². The number of nitrogens with zero attached hydrogens (tertiary/aromatic N) is 2. The first kappa shape index (κ1) is 19.4. The SMILES string of the molecule is C.Cc1ccn(-c2ccc3cc(CCN4CCC[C@H]4C)ccc3c2)c(=O)c1. The number of pyridine rings is 1. The summed E-state index contributed by atoms with van der Waals surface area (Å²) in [6.07, 6.45) is 5.61. The van der Waals surface area contributed by atoms with Crippen molar-refractivity contribution in [2.75, 3.05) is 13.1 Å². The Morgan fingerprint density at radius 1 is 1.04 bits per heavy atom. The lowest BCUT2D eigenvalue weighted by Crippen LogP contribution is -2.28. The minimum absolute atomic E-state index is 0. The van der Waals surface area contributed by atoms with Crippen LogP contribution in [0.2, 0.25) is 0 Å². The molecule has 1 saturated heterocycles. The summed E-state index contributed by atoms with van der Waals surface area (Å²) in [6.45, 7) is 6.66. The molecule has 0 aliphatic carbocycles. The minimum Gasteiger partial charge on any atom is -0.300 e. The Hall–Kier alpha value is -2.39. The summed E-state index contributed by atoms with van der Waals surface area (Å²) in [7, 11) is 0.